The summed E-state index contributed by atoms with van der Waals surface area (Å²) in [5.41, 5.74) is 8.19. The van der Waals surface area contributed by atoms with Gasteiger partial charge in [0.15, 0.2) is 0 Å². The van der Waals surface area contributed by atoms with Gasteiger partial charge in [-0.2, -0.15) is 0 Å². The number of para-hydroxylation sites is 1. The molecule has 1 heterocycles. The number of nitrogens with zero attached hydrogens (tertiary/aromatic N) is 1. The average Bonchev–Trinajstić information content (AvgIpc) is 2.72. The lowest BCUT2D eigenvalue weighted by Crippen LogP contribution is -2.00. The molecule has 2 aromatic rings. The van der Waals surface area contributed by atoms with Gasteiger partial charge >= 0.3 is 0 Å². The van der Waals surface area contributed by atoms with Gasteiger partial charge in [-0.15, -0.1) is 0 Å². The number of aromatic nitrogens is 1. The molecule has 1 aromatic heterocycles. The van der Waals surface area contributed by atoms with Crippen molar-refractivity contribution in [1.29, 1.82) is 0 Å². The minimum Gasteiger partial charge on any atom is -0.396 e. The lowest BCUT2D eigenvalue weighted by molar-refractivity contribution is 0.280. The molecule has 0 aliphatic heterocycles. The third-order valence-electron chi connectivity index (χ3n) is 3.08. The molecule has 2 rings (SSSR count). The van der Waals surface area contributed by atoms with Crippen LogP contribution in [-0.2, 0) is 13.0 Å². The number of aryl methyl sites for hydroxylation is 2. The summed E-state index contributed by atoms with van der Waals surface area (Å²) in [4.78, 5) is 0. The fourth-order valence-corrected chi connectivity index (χ4v) is 2.24. The number of fused-ring (bicyclic) bond motifs is 1. The zero-order valence-electron chi connectivity index (χ0n) is 10.1. The maximum atomic E-state index is 8.92. The van der Waals surface area contributed by atoms with Crippen LogP contribution in [0.25, 0.3) is 10.9 Å². The van der Waals surface area contributed by atoms with Gasteiger partial charge in [-0.3, -0.25) is 0 Å². The van der Waals surface area contributed by atoms with E-state index >= 15 is 0 Å². The quantitative estimate of drug-likeness (QED) is 0.799. The van der Waals surface area contributed by atoms with E-state index in [1.807, 2.05) is 0 Å². The van der Waals surface area contributed by atoms with Gasteiger partial charge in [-0.1, -0.05) is 18.2 Å². The fourth-order valence-electron chi connectivity index (χ4n) is 2.24. The van der Waals surface area contributed by atoms with Crippen LogP contribution in [0, 0.1) is 0 Å². The van der Waals surface area contributed by atoms with Crippen molar-refractivity contribution >= 4 is 10.9 Å². The van der Waals surface area contributed by atoms with Crippen LogP contribution in [-0.4, -0.2) is 22.8 Å². The molecule has 0 radical (unpaired) electrons. The summed E-state index contributed by atoms with van der Waals surface area (Å²) in [6, 6.07) is 8.43. The van der Waals surface area contributed by atoms with Gasteiger partial charge in [0.1, 0.15) is 0 Å². The van der Waals surface area contributed by atoms with Crippen molar-refractivity contribution < 1.29 is 5.11 Å². The Labute approximate surface area is 102 Å². The van der Waals surface area contributed by atoms with Crippen LogP contribution in [0.2, 0.25) is 0 Å². The van der Waals surface area contributed by atoms with Crippen LogP contribution < -0.4 is 5.73 Å². The highest BCUT2D eigenvalue weighted by Gasteiger charge is 2.06. The molecule has 1 aromatic carbocycles. The zero-order valence-corrected chi connectivity index (χ0v) is 10.1. The Bertz CT molecular complexity index is 434. The second-order valence-corrected chi connectivity index (χ2v) is 4.33. The summed E-state index contributed by atoms with van der Waals surface area (Å²) in [6.07, 6.45) is 5.06. The Kier molecular flexibility index (Phi) is 4.18. The Morgan fingerprint density at radius 2 is 2.00 bits per heavy atom. The topological polar surface area (TPSA) is 51.2 Å². The average molecular weight is 232 g/mol. The summed E-state index contributed by atoms with van der Waals surface area (Å²) >= 11 is 0. The van der Waals surface area contributed by atoms with Crippen LogP contribution in [0.5, 0.6) is 0 Å². The van der Waals surface area contributed by atoms with E-state index in [0.29, 0.717) is 0 Å². The molecule has 0 aliphatic rings. The van der Waals surface area contributed by atoms with E-state index in [-0.39, 0.29) is 6.61 Å². The minimum atomic E-state index is 0.241. The van der Waals surface area contributed by atoms with E-state index in [1.165, 1.54) is 16.5 Å². The highest BCUT2D eigenvalue weighted by atomic mass is 16.3. The van der Waals surface area contributed by atoms with Crippen LogP contribution in [0.4, 0.5) is 0 Å². The number of aliphatic hydroxyl groups excluding tert-OH is 1. The molecular formula is C14H20N2O. The lowest BCUT2D eigenvalue weighted by Gasteiger charge is -2.02. The second kappa shape index (κ2) is 5.84. The number of aliphatic hydroxyl groups is 1. The van der Waals surface area contributed by atoms with Crippen LogP contribution >= 0.6 is 0 Å². The van der Waals surface area contributed by atoms with Gasteiger partial charge in [0.05, 0.1) is 0 Å². The molecule has 3 nitrogen and oxygen atoms in total. The van der Waals surface area contributed by atoms with E-state index in [0.717, 1.165) is 32.4 Å². The molecule has 0 amide bonds. The predicted molar refractivity (Wildman–Crippen MR) is 71.0 cm³/mol. The second-order valence-electron chi connectivity index (χ2n) is 4.33. The maximum Gasteiger partial charge on any atom is 0.0483 e. The SMILES string of the molecule is NCCCc1cn(CCCO)c2ccccc12. The Hall–Kier alpha value is -1.32. The van der Waals surface area contributed by atoms with Gasteiger partial charge in [0.25, 0.3) is 0 Å². The first-order valence-corrected chi connectivity index (χ1v) is 6.24. The van der Waals surface area contributed by atoms with Crippen molar-refractivity contribution in [3.05, 3.63) is 36.0 Å². The van der Waals surface area contributed by atoms with Crippen molar-refractivity contribution in [3.8, 4) is 0 Å². The summed E-state index contributed by atoms with van der Waals surface area (Å²) in [5, 5.41) is 10.2. The number of nitrogens with two attached hydrogens (primary N) is 1. The minimum absolute atomic E-state index is 0.241. The molecule has 0 spiro atoms. The molecule has 0 saturated heterocycles. The summed E-state index contributed by atoms with van der Waals surface area (Å²) in [7, 11) is 0. The summed E-state index contributed by atoms with van der Waals surface area (Å²) in [5.74, 6) is 0. The maximum absolute atomic E-state index is 8.92. The first kappa shape index (κ1) is 12.1. The molecule has 92 valence electrons. The van der Waals surface area contributed by atoms with Crippen molar-refractivity contribution in [2.24, 2.45) is 5.73 Å². The molecule has 0 atom stereocenters. The molecule has 0 bridgehead atoms. The van der Waals surface area contributed by atoms with E-state index in [9.17, 15) is 0 Å². The van der Waals surface area contributed by atoms with E-state index < -0.39 is 0 Å². The fraction of sp³-hybridized carbons (Fsp3) is 0.429. The predicted octanol–water partition coefficient (Wildman–Crippen LogP) is 1.92. The van der Waals surface area contributed by atoms with Crippen LogP contribution in [0.3, 0.4) is 0 Å². The van der Waals surface area contributed by atoms with Gasteiger partial charge in [-0.05, 0) is 37.4 Å². The first-order chi connectivity index (χ1) is 8.36. The molecule has 3 heteroatoms. The van der Waals surface area contributed by atoms with Gasteiger partial charge < -0.3 is 15.4 Å². The third-order valence-corrected chi connectivity index (χ3v) is 3.08. The van der Waals surface area contributed by atoms with E-state index in [1.54, 1.807) is 0 Å². The van der Waals surface area contributed by atoms with Crippen molar-refractivity contribution in [3.63, 3.8) is 0 Å². The highest BCUT2D eigenvalue weighted by Crippen LogP contribution is 2.22. The lowest BCUT2D eigenvalue weighted by atomic mass is 10.1. The number of benzene rings is 1. The molecule has 3 N–H and O–H groups in total. The largest absolute Gasteiger partial charge is 0.396 e. The Morgan fingerprint density at radius 3 is 2.76 bits per heavy atom. The first-order valence-electron chi connectivity index (χ1n) is 6.24. The van der Waals surface area contributed by atoms with Crippen LogP contribution in [0.15, 0.2) is 30.5 Å². The number of rotatable bonds is 6. The highest BCUT2D eigenvalue weighted by molar-refractivity contribution is 5.83. The molecule has 17 heavy (non-hydrogen) atoms. The van der Waals surface area contributed by atoms with Crippen molar-refractivity contribution in [2.45, 2.75) is 25.8 Å². The standard InChI is InChI=1S/C14H20N2O/c15-8-3-5-12-11-16(9-4-10-17)14-7-2-1-6-13(12)14/h1-2,6-7,11,17H,3-5,8-10,15H2. The van der Waals surface area contributed by atoms with E-state index in [4.69, 9.17) is 10.8 Å². The van der Waals surface area contributed by atoms with Crippen molar-refractivity contribution in [1.82, 2.24) is 4.57 Å². The number of hydrogen-bond donors (Lipinski definition) is 2. The summed E-state index contributed by atoms with van der Waals surface area (Å²) in [6.45, 7) is 1.85. The molecule has 0 aliphatic carbocycles. The molecule has 0 unspecified atom stereocenters. The third kappa shape index (κ3) is 2.68. The Balaban J connectivity index is 2.32. The number of hydrogen-bond acceptors (Lipinski definition) is 2. The monoisotopic (exact) mass is 232 g/mol. The van der Waals surface area contributed by atoms with Crippen molar-refractivity contribution in [2.75, 3.05) is 13.2 Å². The smallest absolute Gasteiger partial charge is 0.0483 e. The van der Waals surface area contributed by atoms with Gasteiger partial charge in [-0.25, -0.2) is 0 Å². The van der Waals surface area contributed by atoms with Gasteiger partial charge in [0, 0.05) is 30.3 Å². The zero-order chi connectivity index (χ0) is 12.1. The Morgan fingerprint density at radius 1 is 1.18 bits per heavy atom. The van der Waals surface area contributed by atoms with Gasteiger partial charge in [0.2, 0.25) is 0 Å². The molecule has 0 fully saturated rings. The molecular weight excluding hydrogens is 212 g/mol. The van der Waals surface area contributed by atoms with Crippen LogP contribution in [0.1, 0.15) is 18.4 Å². The molecule has 0 saturated carbocycles. The summed E-state index contributed by atoms with van der Waals surface area (Å²) < 4.78 is 2.23. The normalized spacial score (nSPS) is 11.2. The van der Waals surface area contributed by atoms with E-state index in [2.05, 4.69) is 35.0 Å².